The standard InChI is InChI=1S/C67H68N2O2/c1-11-41-67(9,10)55-24-16-20-50-52-21-17-25-58(64(52)71-63(50)55)68(47-34-28-44(12-2)29-35-47)56-40-33-46-32-38-53-57(39-27-42(5)60(53)61(46)43(56)6)69(48-36-30-45(13-3)31-37-48)59-26-18-22-51-49-19-15-23-54(66(7,8)14-4)62(49)70-65(51)59/h15-40,50,63H,11-14,41H2,1-10H3. The Balaban J connectivity index is 1.13. The van der Waals surface area contributed by atoms with Crippen molar-refractivity contribution in [3.63, 3.8) is 0 Å². The zero-order valence-corrected chi connectivity index (χ0v) is 43.4. The number of nitrogens with zero attached hydrogens (tertiary/aromatic N) is 2. The molecule has 0 amide bonds. The number of allylic oxidation sites excluding steroid dienone is 2. The van der Waals surface area contributed by atoms with Gasteiger partial charge in [-0.2, -0.15) is 0 Å². The van der Waals surface area contributed by atoms with Crippen molar-refractivity contribution in [2.45, 2.75) is 119 Å². The smallest absolute Gasteiger partial charge is 0.159 e. The van der Waals surface area contributed by atoms with Gasteiger partial charge in [-0.05, 0) is 143 Å². The Labute approximate surface area is 421 Å². The SMILES string of the molecule is CCCC(C)(C)C1=CC=CC2c3cccc(N(c4ccc(CC)cc4)c4ccc5ccc6c(N(c7ccc(CC)cc7)c7cccc8c7oc7c(C(C)(C)CC)cccc78)ccc(C)c6c5c4C)c3OC12. The molecular formula is C67H68N2O2. The molecule has 0 bridgehead atoms. The Kier molecular flexibility index (Phi) is 11.7. The first-order chi connectivity index (χ1) is 34.4. The topological polar surface area (TPSA) is 28.9 Å². The van der Waals surface area contributed by atoms with Crippen LogP contribution in [-0.4, -0.2) is 6.10 Å². The van der Waals surface area contributed by atoms with Crippen LogP contribution < -0.4 is 14.5 Å². The number of hydrogen-bond donors (Lipinski definition) is 0. The summed E-state index contributed by atoms with van der Waals surface area (Å²) in [6, 6.07) is 52.3. The summed E-state index contributed by atoms with van der Waals surface area (Å²) in [6.07, 6.45) is 12.1. The molecule has 0 saturated carbocycles. The highest BCUT2D eigenvalue weighted by atomic mass is 16.5. The molecule has 8 aromatic carbocycles. The fourth-order valence-corrected chi connectivity index (χ4v) is 12.0. The van der Waals surface area contributed by atoms with E-state index in [1.165, 1.54) is 60.5 Å². The van der Waals surface area contributed by atoms with Gasteiger partial charge in [0.05, 0.1) is 17.1 Å². The number of benzene rings is 8. The van der Waals surface area contributed by atoms with Crippen LogP contribution in [0.15, 0.2) is 168 Å². The van der Waals surface area contributed by atoms with Crippen LogP contribution in [0.5, 0.6) is 5.75 Å². The molecule has 0 spiro atoms. The second kappa shape index (κ2) is 18.0. The van der Waals surface area contributed by atoms with Crippen LogP contribution >= 0.6 is 0 Å². The molecule has 1 aliphatic heterocycles. The highest BCUT2D eigenvalue weighted by Gasteiger charge is 2.43. The van der Waals surface area contributed by atoms with E-state index in [-0.39, 0.29) is 22.9 Å². The van der Waals surface area contributed by atoms with Crippen LogP contribution in [0.2, 0.25) is 0 Å². The fourth-order valence-electron chi connectivity index (χ4n) is 12.0. The Morgan fingerprint density at radius 2 is 1.17 bits per heavy atom. The van der Waals surface area contributed by atoms with Crippen LogP contribution in [0.3, 0.4) is 0 Å². The van der Waals surface area contributed by atoms with Gasteiger partial charge >= 0.3 is 0 Å². The monoisotopic (exact) mass is 933 g/mol. The molecule has 2 atom stereocenters. The van der Waals surface area contributed by atoms with Crippen molar-refractivity contribution in [3.8, 4) is 5.75 Å². The van der Waals surface area contributed by atoms with Crippen LogP contribution in [0, 0.1) is 19.3 Å². The summed E-state index contributed by atoms with van der Waals surface area (Å²) in [5.41, 5.74) is 17.3. The van der Waals surface area contributed by atoms with E-state index in [1.54, 1.807) is 0 Å². The van der Waals surface area contributed by atoms with Gasteiger partial charge in [0.1, 0.15) is 17.4 Å². The Morgan fingerprint density at radius 3 is 1.85 bits per heavy atom. The van der Waals surface area contributed by atoms with Gasteiger partial charge in [-0.15, -0.1) is 0 Å². The van der Waals surface area contributed by atoms with E-state index in [0.717, 1.165) is 93.9 Å². The van der Waals surface area contributed by atoms with Crippen molar-refractivity contribution in [2.24, 2.45) is 5.41 Å². The molecule has 1 aliphatic carbocycles. The third-order valence-corrected chi connectivity index (χ3v) is 16.4. The predicted molar refractivity (Wildman–Crippen MR) is 303 cm³/mol. The number of aryl methyl sites for hydroxylation is 4. The normalized spacial score (nSPS) is 15.6. The molecule has 71 heavy (non-hydrogen) atoms. The van der Waals surface area contributed by atoms with Crippen molar-refractivity contribution in [1.82, 2.24) is 0 Å². The van der Waals surface area contributed by atoms with Gasteiger partial charge in [0.15, 0.2) is 5.58 Å². The van der Waals surface area contributed by atoms with Gasteiger partial charge in [-0.25, -0.2) is 0 Å². The number of furan rings is 1. The molecular weight excluding hydrogens is 865 g/mol. The van der Waals surface area contributed by atoms with Crippen LogP contribution in [0.1, 0.15) is 114 Å². The molecule has 2 aliphatic rings. The summed E-state index contributed by atoms with van der Waals surface area (Å²) >= 11 is 0. The van der Waals surface area contributed by atoms with Crippen molar-refractivity contribution in [3.05, 3.63) is 197 Å². The Morgan fingerprint density at radius 1 is 0.549 bits per heavy atom. The third kappa shape index (κ3) is 7.64. The summed E-state index contributed by atoms with van der Waals surface area (Å²) in [6.45, 7) is 23.0. The average Bonchev–Trinajstić information content (AvgIpc) is 3.98. The lowest BCUT2D eigenvalue weighted by Gasteiger charge is -2.35. The lowest BCUT2D eigenvalue weighted by molar-refractivity contribution is 0.213. The minimum Gasteiger partial charge on any atom is -0.483 e. The number of rotatable bonds is 13. The summed E-state index contributed by atoms with van der Waals surface area (Å²) in [7, 11) is 0. The minimum absolute atomic E-state index is 0.0233. The third-order valence-electron chi connectivity index (χ3n) is 16.4. The summed E-state index contributed by atoms with van der Waals surface area (Å²) in [5.74, 6) is 1.13. The van der Waals surface area contributed by atoms with E-state index >= 15 is 0 Å². The molecule has 2 unspecified atom stereocenters. The van der Waals surface area contributed by atoms with E-state index in [0.29, 0.717) is 0 Å². The van der Waals surface area contributed by atoms with Crippen LogP contribution in [-0.2, 0) is 18.3 Å². The second-order valence-corrected chi connectivity index (χ2v) is 21.5. The largest absolute Gasteiger partial charge is 0.483 e. The summed E-state index contributed by atoms with van der Waals surface area (Å²) < 4.78 is 14.5. The van der Waals surface area contributed by atoms with Gasteiger partial charge < -0.3 is 19.0 Å². The maximum atomic E-state index is 7.32. The second-order valence-electron chi connectivity index (χ2n) is 21.5. The maximum Gasteiger partial charge on any atom is 0.159 e. The van der Waals surface area contributed by atoms with Gasteiger partial charge in [0.2, 0.25) is 0 Å². The van der Waals surface area contributed by atoms with Gasteiger partial charge in [0, 0.05) is 50.3 Å². The zero-order valence-electron chi connectivity index (χ0n) is 43.4. The molecule has 0 saturated heterocycles. The fraction of sp³-hybridized carbons (Fsp3) is 0.284. The quantitative estimate of drug-likeness (QED) is 0.108. The molecule has 11 rings (SSSR count). The number of ether oxygens (including phenoxy) is 1. The molecule has 0 fully saturated rings. The lowest BCUT2D eigenvalue weighted by Crippen LogP contribution is -2.31. The molecule has 4 heteroatoms. The zero-order chi connectivity index (χ0) is 49.3. The van der Waals surface area contributed by atoms with E-state index < -0.39 is 0 Å². The van der Waals surface area contributed by atoms with Gasteiger partial charge in [-0.1, -0.05) is 171 Å². The molecule has 0 radical (unpaired) electrons. The van der Waals surface area contributed by atoms with E-state index in [4.69, 9.17) is 9.15 Å². The van der Waals surface area contributed by atoms with E-state index in [1.807, 2.05) is 0 Å². The summed E-state index contributed by atoms with van der Waals surface area (Å²) in [5, 5.41) is 7.17. The molecule has 9 aromatic rings. The van der Waals surface area contributed by atoms with Crippen LogP contribution in [0.4, 0.5) is 34.1 Å². The van der Waals surface area contributed by atoms with E-state index in [2.05, 4.69) is 237 Å². The maximum absolute atomic E-state index is 7.32. The van der Waals surface area contributed by atoms with Crippen molar-refractivity contribution >= 4 is 77.6 Å². The molecule has 4 nitrogen and oxygen atoms in total. The van der Waals surface area contributed by atoms with E-state index in [9.17, 15) is 0 Å². The average molecular weight is 933 g/mol. The first-order valence-electron chi connectivity index (χ1n) is 26.2. The van der Waals surface area contributed by atoms with Crippen molar-refractivity contribution in [2.75, 3.05) is 9.80 Å². The van der Waals surface area contributed by atoms with Gasteiger partial charge in [0.25, 0.3) is 0 Å². The molecule has 358 valence electrons. The first-order valence-corrected chi connectivity index (χ1v) is 26.2. The molecule has 1 aromatic heterocycles. The predicted octanol–water partition coefficient (Wildman–Crippen LogP) is 19.4. The highest BCUT2D eigenvalue weighted by molar-refractivity contribution is 6.18. The van der Waals surface area contributed by atoms with Crippen LogP contribution in [0.25, 0.3) is 43.5 Å². The van der Waals surface area contributed by atoms with Crippen molar-refractivity contribution in [1.29, 1.82) is 0 Å². The number of anilines is 6. The number of hydrogen-bond acceptors (Lipinski definition) is 4. The number of para-hydroxylation sites is 3. The highest BCUT2D eigenvalue weighted by Crippen LogP contribution is 2.55. The first kappa shape index (κ1) is 46.3. The lowest BCUT2D eigenvalue weighted by atomic mass is 9.72. The number of fused-ring (bicyclic) bond motifs is 9. The Hall–Kier alpha value is -7.04. The van der Waals surface area contributed by atoms with Crippen molar-refractivity contribution < 1.29 is 9.15 Å². The molecule has 0 N–H and O–H groups in total. The Bertz CT molecular complexity index is 3570. The van der Waals surface area contributed by atoms with Gasteiger partial charge in [-0.3, -0.25) is 0 Å². The summed E-state index contributed by atoms with van der Waals surface area (Å²) in [4.78, 5) is 4.90. The molecule has 2 heterocycles. The minimum atomic E-state index is -0.0433.